The van der Waals surface area contributed by atoms with E-state index in [9.17, 15) is 0 Å². The molecule has 1 rings (SSSR count). The lowest BCUT2D eigenvalue weighted by Gasteiger charge is -2.13. The number of hydrogen-bond acceptors (Lipinski definition) is 3. The number of nitrogens with one attached hydrogen (secondary N) is 1. The number of allylic oxidation sites excluding steroid dienone is 1. The summed E-state index contributed by atoms with van der Waals surface area (Å²) in [5, 5.41) is 0.699. The minimum atomic E-state index is 0.0145. The number of nitrogens with two attached hydrogens (primary N) is 1. The van der Waals surface area contributed by atoms with Gasteiger partial charge in [0.2, 0.25) is 0 Å². The second-order valence-corrected chi connectivity index (χ2v) is 4.22. The van der Waals surface area contributed by atoms with Crippen LogP contribution in [0, 0.1) is 0 Å². The summed E-state index contributed by atoms with van der Waals surface area (Å²) in [4.78, 5) is 0. The molecular formula is C12H17ClN2O. The van der Waals surface area contributed by atoms with Crippen LogP contribution in [0.3, 0.4) is 0 Å². The smallest absolute Gasteiger partial charge is 0.119 e. The molecule has 0 aliphatic rings. The fourth-order valence-corrected chi connectivity index (χ4v) is 1.39. The molecule has 3 nitrogen and oxygen atoms in total. The van der Waals surface area contributed by atoms with Gasteiger partial charge in [-0.05, 0) is 38.1 Å². The summed E-state index contributed by atoms with van der Waals surface area (Å²) in [6.45, 7) is 4.53. The third kappa shape index (κ3) is 4.66. The molecule has 0 amide bonds. The molecule has 16 heavy (non-hydrogen) atoms. The molecule has 0 aromatic heterocycles. The van der Waals surface area contributed by atoms with Crippen LogP contribution in [0.15, 0.2) is 35.9 Å². The van der Waals surface area contributed by atoms with E-state index >= 15 is 0 Å². The van der Waals surface area contributed by atoms with Crippen LogP contribution in [0.1, 0.15) is 13.8 Å². The van der Waals surface area contributed by atoms with Crippen LogP contribution in [-0.2, 0) is 0 Å². The molecule has 1 aromatic carbocycles. The highest BCUT2D eigenvalue weighted by molar-refractivity contribution is 6.30. The van der Waals surface area contributed by atoms with Crippen molar-refractivity contribution in [3.63, 3.8) is 0 Å². The van der Waals surface area contributed by atoms with Gasteiger partial charge in [-0.15, -0.1) is 0 Å². The minimum absolute atomic E-state index is 0.0145. The van der Waals surface area contributed by atoms with Crippen LogP contribution in [0.4, 0.5) is 0 Å². The Balaban J connectivity index is 2.49. The Hall–Kier alpha value is -1.03. The van der Waals surface area contributed by atoms with Gasteiger partial charge in [-0.25, -0.2) is 0 Å². The Morgan fingerprint density at radius 2 is 2.06 bits per heavy atom. The molecule has 1 atom stereocenters. The van der Waals surface area contributed by atoms with Gasteiger partial charge in [0.15, 0.2) is 0 Å². The van der Waals surface area contributed by atoms with Gasteiger partial charge < -0.3 is 4.74 Å². The molecule has 3 N–H and O–H groups in total. The Morgan fingerprint density at radius 1 is 1.44 bits per heavy atom. The molecule has 0 spiro atoms. The summed E-state index contributed by atoms with van der Waals surface area (Å²) in [6.07, 6.45) is 2.02. The van der Waals surface area contributed by atoms with Crippen molar-refractivity contribution in [2.75, 3.05) is 6.61 Å². The molecule has 0 heterocycles. The SMILES string of the molecule is CC(C)=CC(COc1ccc(Cl)cc1)NN. The Labute approximate surface area is 101 Å². The average Bonchev–Trinajstić information content (AvgIpc) is 2.26. The van der Waals surface area contributed by atoms with Crippen LogP contribution >= 0.6 is 11.6 Å². The molecule has 0 saturated carbocycles. The zero-order chi connectivity index (χ0) is 12.0. The highest BCUT2D eigenvalue weighted by atomic mass is 35.5. The average molecular weight is 241 g/mol. The molecule has 0 bridgehead atoms. The van der Waals surface area contributed by atoms with E-state index in [4.69, 9.17) is 22.2 Å². The third-order valence-electron chi connectivity index (χ3n) is 1.99. The summed E-state index contributed by atoms with van der Waals surface area (Å²) in [5.74, 6) is 6.20. The third-order valence-corrected chi connectivity index (χ3v) is 2.24. The predicted octanol–water partition coefficient (Wildman–Crippen LogP) is 2.52. The van der Waals surface area contributed by atoms with Gasteiger partial charge in [0.25, 0.3) is 0 Å². The number of hydrazine groups is 1. The van der Waals surface area contributed by atoms with Gasteiger partial charge >= 0.3 is 0 Å². The first-order chi connectivity index (χ1) is 7.61. The van der Waals surface area contributed by atoms with Crippen molar-refractivity contribution in [3.8, 4) is 5.75 Å². The van der Waals surface area contributed by atoms with Crippen molar-refractivity contribution in [1.29, 1.82) is 0 Å². The maximum atomic E-state index is 5.77. The van der Waals surface area contributed by atoms with E-state index in [1.807, 2.05) is 32.1 Å². The number of hydrogen-bond donors (Lipinski definition) is 2. The maximum Gasteiger partial charge on any atom is 0.119 e. The summed E-state index contributed by atoms with van der Waals surface area (Å²) >= 11 is 5.77. The molecule has 0 fully saturated rings. The van der Waals surface area contributed by atoms with E-state index in [2.05, 4.69) is 5.43 Å². The van der Waals surface area contributed by atoms with Gasteiger partial charge in [-0.1, -0.05) is 23.3 Å². The molecule has 1 aromatic rings. The highest BCUT2D eigenvalue weighted by Gasteiger charge is 2.03. The van der Waals surface area contributed by atoms with Crippen molar-refractivity contribution < 1.29 is 4.74 Å². The number of rotatable bonds is 5. The van der Waals surface area contributed by atoms with Gasteiger partial charge in [-0.2, -0.15) is 0 Å². The fourth-order valence-electron chi connectivity index (χ4n) is 1.26. The van der Waals surface area contributed by atoms with Crippen molar-refractivity contribution in [2.24, 2.45) is 5.84 Å². The van der Waals surface area contributed by atoms with E-state index in [-0.39, 0.29) is 6.04 Å². The van der Waals surface area contributed by atoms with E-state index in [1.54, 1.807) is 12.1 Å². The molecule has 0 saturated heterocycles. The summed E-state index contributed by atoms with van der Waals surface area (Å²) in [6, 6.07) is 7.27. The molecule has 1 unspecified atom stereocenters. The topological polar surface area (TPSA) is 47.3 Å². The zero-order valence-corrected chi connectivity index (χ0v) is 10.3. The number of halogens is 1. The normalized spacial score (nSPS) is 12.0. The summed E-state index contributed by atoms with van der Waals surface area (Å²) in [7, 11) is 0. The minimum Gasteiger partial charge on any atom is -0.492 e. The first kappa shape index (κ1) is 13.0. The standard InChI is InChI=1S/C12H17ClN2O/c1-9(2)7-11(15-14)8-16-12-5-3-10(13)4-6-12/h3-7,11,15H,8,14H2,1-2H3. The summed E-state index contributed by atoms with van der Waals surface area (Å²) in [5.41, 5.74) is 3.88. The Kier molecular flexibility index (Phi) is 5.32. The van der Waals surface area contributed by atoms with Gasteiger partial charge in [-0.3, -0.25) is 11.3 Å². The van der Waals surface area contributed by atoms with Crippen LogP contribution in [0.5, 0.6) is 5.75 Å². The molecule has 0 radical (unpaired) electrons. The first-order valence-corrected chi connectivity index (χ1v) is 5.49. The van der Waals surface area contributed by atoms with Gasteiger partial charge in [0.05, 0.1) is 6.04 Å². The lowest BCUT2D eigenvalue weighted by atomic mass is 10.2. The lowest BCUT2D eigenvalue weighted by molar-refractivity contribution is 0.287. The lowest BCUT2D eigenvalue weighted by Crippen LogP contribution is -2.38. The molecular weight excluding hydrogens is 224 g/mol. The van der Waals surface area contributed by atoms with Crippen LogP contribution in [0.2, 0.25) is 5.02 Å². The van der Waals surface area contributed by atoms with E-state index in [0.29, 0.717) is 11.6 Å². The molecule has 4 heteroatoms. The van der Waals surface area contributed by atoms with Gasteiger partial charge in [0.1, 0.15) is 12.4 Å². The van der Waals surface area contributed by atoms with Crippen molar-refractivity contribution >= 4 is 11.6 Å². The van der Waals surface area contributed by atoms with Crippen LogP contribution in [-0.4, -0.2) is 12.6 Å². The molecule has 0 aliphatic heterocycles. The van der Waals surface area contributed by atoms with E-state index in [1.165, 1.54) is 5.57 Å². The zero-order valence-electron chi connectivity index (χ0n) is 9.53. The van der Waals surface area contributed by atoms with E-state index < -0.39 is 0 Å². The first-order valence-electron chi connectivity index (χ1n) is 5.11. The highest BCUT2D eigenvalue weighted by Crippen LogP contribution is 2.15. The maximum absolute atomic E-state index is 5.77. The molecule has 88 valence electrons. The Bertz CT molecular complexity index is 345. The second kappa shape index (κ2) is 6.53. The fraction of sp³-hybridized carbons (Fsp3) is 0.333. The van der Waals surface area contributed by atoms with Crippen molar-refractivity contribution in [3.05, 3.63) is 40.9 Å². The largest absolute Gasteiger partial charge is 0.492 e. The predicted molar refractivity (Wildman–Crippen MR) is 67.5 cm³/mol. The van der Waals surface area contributed by atoms with Crippen LogP contribution < -0.4 is 16.0 Å². The Morgan fingerprint density at radius 3 is 2.56 bits per heavy atom. The van der Waals surface area contributed by atoms with Gasteiger partial charge in [0, 0.05) is 5.02 Å². The summed E-state index contributed by atoms with van der Waals surface area (Å²) < 4.78 is 5.57. The van der Waals surface area contributed by atoms with Crippen molar-refractivity contribution in [2.45, 2.75) is 19.9 Å². The monoisotopic (exact) mass is 240 g/mol. The van der Waals surface area contributed by atoms with E-state index in [0.717, 1.165) is 5.75 Å². The second-order valence-electron chi connectivity index (χ2n) is 3.78. The van der Waals surface area contributed by atoms with Crippen LogP contribution in [0.25, 0.3) is 0 Å². The number of ether oxygens (including phenoxy) is 1. The number of benzene rings is 1. The molecule has 0 aliphatic carbocycles. The quantitative estimate of drug-likeness (QED) is 0.472. The van der Waals surface area contributed by atoms with Crippen molar-refractivity contribution in [1.82, 2.24) is 5.43 Å².